The molecule has 0 radical (unpaired) electrons. The first-order valence-corrected chi connectivity index (χ1v) is 4.55. The standard InChI is InChI=1S/C7H3BrF2N2S/c8-4-2(9)1-3-6(5(4)10)12-7(13)11-3/h1H,(H2,11,12,13). The molecule has 0 saturated heterocycles. The Morgan fingerprint density at radius 2 is 2.00 bits per heavy atom. The number of benzene rings is 1. The van der Waals surface area contributed by atoms with Crippen LogP contribution in [0.1, 0.15) is 0 Å². The van der Waals surface area contributed by atoms with Crippen molar-refractivity contribution in [1.29, 1.82) is 0 Å². The van der Waals surface area contributed by atoms with Gasteiger partial charge in [-0.15, -0.1) is 0 Å². The third-order valence-corrected chi connectivity index (χ3v) is 2.58. The maximum absolute atomic E-state index is 13.3. The second kappa shape index (κ2) is 2.88. The molecule has 0 aliphatic rings. The monoisotopic (exact) mass is 264 g/mol. The summed E-state index contributed by atoms with van der Waals surface area (Å²) >= 11 is 7.54. The van der Waals surface area contributed by atoms with Crippen molar-refractivity contribution in [3.05, 3.63) is 26.9 Å². The summed E-state index contributed by atoms with van der Waals surface area (Å²) in [6, 6.07) is 1.18. The minimum Gasteiger partial charge on any atom is -0.331 e. The van der Waals surface area contributed by atoms with E-state index in [2.05, 4.69) is 25.9 Å². The number of nitrogens with one attached hydrogen (secondary N) is 2. The second-order valence-electron chi connectivity index (χ2n) is 2.49. The Bertz CT molecular complexity index is 531. The summed E-state index contributed by atoms with van der Waals surface area (Å²) in [6.45, 7) is 0. The Hall–Kier alpha value is -0.750. The van der Waals surface area contributed by atoms with Crippen molar-refractivity contribution in [1.82, 2.24) is 9.97 Å². The van der Waals surface area contributed by atoms with Gasteiger partial charge in [-0.2, -0.15) is 0 Å². The number of aromatic amines is 2. The molecule has 0 spiro atoms. The highest BCUT2D eigenvalue weighted by Gasteiger charge is 2.12. The van der Waals surface area contributed by atoms with Crippen LogP contribution in [-0.2, 0) is 0 Å². The van der Waals surface area contributed by atoms with Crippen LogP contribution in [0.3, 0.4) is 0 Å². The molecule has 68 valence electrons. The largest absolute Gasteiger partial charge is 0.331 e. The first-order valence-electron chi connectivity index (χ1n) is 3.35. The van der Waals surface area contributed by atoms with Gasteiger partial charge in [-0.3, -0.25) is 0 Å². The molecule has 0 aliphatic heterocycles. The van der Waals surface area contributed by atoms with Crippen molar-refractivity contribution in [2.45, 2.75) is 0 Å². The normalized spacial score (nSPS) is 11.0. The van der Waals surface area contributed by atoms with Gasteiger partial charge in [0, 0.05) is 6.07 Å². The van der Waals surface area contributed by atoms with Crippen LogP contribution in [0.2, 0.25) is 0 Å². The fourth-order valence-electron chi connectivity index (χ4n) is 1.08. The molecule has 13 heavy (non-hydrogen) atoms. The highest BCUT2D eigenvalue weighted by Crippen LogP contribution is 2.25. The smallest absolute Gasteiger partial charge is 0.175 e. The van der Waals surface area contributed by atoms with E-state index < -0.39 is 11.6 Å². The first kappa shape index (κ1) is 8.83. The van der Waals surface area contributed by atoms with Crippen LogP contribution in [-0.4, -0.2) is 9.97 Å². The van der Waals surface area contributed by atoms with Crippen LogP contribution in [0.4, 0.5) is 8.78 Å². The highest BCUT2D eigenvalue weighted by molar-refractivity contribution is 9.10. The van der Waals surface area contributed by atoms with E-state index in [0.29, 0.717) is 5.52 Å². The Kier molecular flexibility index (Phi) is 1.96. The zero-order valence-corrected chi connectivity index (χ0v) is 8.52. The lowest BCUT2D eigenvalue weighted by Crippen LogP contribution is -1.85. The quantitative estimate of drug-likeness (QED) is 0.556. The van der Waals surface area contributed by atoms with Gasteiger partial charge < -0.3 is 9.97 Å². The molecule has 2 aromatic rings. The summed E-state index contributed by atoms with van der Waals surface area (Å²) < 4.78 is 26.3. The number of H-pyrrole nitrogens is 2. The average molecular weight is 265 g/mol. The van der Waals surface area contributed by atoms with Crippen molar-refractivity contribution < 1.29 is 8.78 Å². The third kappa shape index (κ3) is 1.30. The predicted octanol–water partition coefficient (Wildman–Crippen LogP) is 3.27. The van der Waals surface area contributed by atoms with Crippen LogP contribution in [0, 0.1) is 16.4 Å². The lowest BCUT2D eigenvalue weighted by molar-refractivity contribution is 0.579. The van der Waals surface area contributed by atoms with E-state index in [0.717, 1.165) is 0 Å². The number of hydrogen-bond donors (Lipinski definition) is 2. The molecule has 1 heterocycles. The molecule has 0 fully saturated rings. The van der Waals surface area contributed by atoms with Gasteiger partial charge in [-0.25, -0.2) is 8.78 Å². The lowest BCUT2D eigenvalue weighted by Gasteiger charge is -1.96. The molecule has 1 aromatic carbocycles. The number of aromatic nitrogens is 2. The number of halogens is 3. The van der Waals surface area contributed by atoms with Gasteiger partial charge >= 0.3 is 0 Å². The molecular weight excluding hydrogens is 262 g/mol. The van der Waals surface area contributed by atoms with Gasteiger partial charge in [-0.05, 0) is 28.1 Å². The minimum atomic E-state index is -0.678. The van der Waals surface area contributed by atoms with Crippen LogP contribution >= 0.6 is 28.1 Å². The van der Waals surface area contributed by atoms with Gasteiger partial charge in [0.25, 0.3) is 0 Å². The second-order valence-corrected chi connectivity index (χ2v) is 3.69. The zero-order chi connectivity index (χ0) is 9.59. The number of fused-ring (bicyclic) bond motifs is 1. The van der Waals surface area contributed by atoms with E-state index in [4.69, 9.17) is 12.2 Å². The van der Waals surface area contributed by atoms with Gasteiger partial charge in [0.1, 0.15) is 11.3 Å². The summed E-state index contributed by atoms with van der Waals surface area (Å²) in [5.41, 5.74) is 0.501. The molecule has 0 bridgehead atoms. The number of hydrogen-bond acceptors (Lipinski definition) is 1. The average Bonchev–Trinajstić information content (AvgIpc) is 2.42. The van der Waals surface area contributed by atoms with E-state index in [1.807, 2.05) is 0 Å². The van der Waals surface area contributed by atoms with Crippen molar-refractivity contribution in [3.8, 4) is 0 Å². The Balaban J connectivity index is 3.00. The molecular formula is C7H3BrF2N2S. The van der Waals surface area contributed by atoms with Gasteiger partial charge in [0.05, 0.1) is 9.99 Å². The summed E-state index contributed by atoms with van der Waals surface area (Å²) in [4.78, 5) is 5.21. The van der Waals surface area contributed by atoms with Crippen molar-refractivity contribution in [2.75, 3.05) is 0 Å². The first-order chi connectivity index (χ1) is 6.09. The van der Waals surface area contributed by atoms with E-state index in [1.54, 1.807) is 0 Å². The van der Waals surface area contributed by atoms with Gasteiger partial charge in [0.15, 0.2) is 10.6 Å². The Morgan fingerprint density at radius 3 is 2.69 bits per heavy atom. The van der Waals surface area contributed by atoms with E-state index >= 15 is 0 Å². The molecule has 2 rings (SSSR count). The molecule has 0 aliphatic carbocycles. The van der Waals surface area contributed by atoms with E-state index in [-0.39, 0.29) is 14.8 Å². The Morgan fingerprint density at radius 1 is 1.31 bits per heavy atom. The lowest BCUT2D eigenvalue weighted by atomic mass is 10.3. The fraction of sp³-hybridized carbons (Fsp3) is 0. The summed E-state index contributed by atoms with van der Waals surface area (Å²) in [7, 11) is 0. The van der Waals surface area contributed by atoms with Crippen molar-refractivity contribution in [2.24, 2.45) is 0 Å². The zero-order valence-electron chi connectivity index (χ0n) is 6.12. The molecule has 0 amide bonds. The number of rotatable bonds is 0. The van der Waals surface area contributed by atoms with Gasteiger partial charge in [0.2, 0.25) is 0 Å². The fourth-order valence-corrected chi connectivity index (χ4v) is 1.61. The van der Waals surface area contributed by atoms with Crippen LogP contribution < -0.4 is 0 Å². The SMILES string of the molecule is Fc1cc2[nH]c(=S)[nH]c2c(F)c1Br. The van der Waals surface area contributed by atoms with E-state index in [9.17, 15) is 8.78 Å². The molecule has 0 saturated carbocycles. The van der Waals surface area contributed by atoms with Gasteiger partial charge in [-0.1, -0.05) is 0 Å². The maximum Gasteiger partial charge on any atom is 0.175 e. The summed E-state index contributed by atoms with van der Waals surface area (Å²) in [6.07, 6.45) is 0. The molecule has 6 heteroatoms. The highest BCUT2D eigenvalue weighted by atomic mass is 79.9. The minimum absolute atomic E-state index is 0.179. The summed E-state index contributed by atoms with van der Waals surface area (Å²) in [5, 5.41) is 0. The molecule has 1 aromatic heterocycles. The van der Waals surface area contributed by atoms with Crippen LogP contribution in [0.25, 0.3) is 11.0 Å². The topological polar surface area (TPSA) is 31.6 Å². The summed E-state index contributed by atoms with van der Waals surface area (Å²) in [5.74, 6) is -1.34. The molecule has 0 unspecified atom stereocenters. The van der Waals surface area contributed by atoms with Crippen molar-refractivity contribution in [3.63, 3.8) is 0 Å². The predicted molar refractivity (Wildman–Crippen MR) is 51.1 cm³/mol. The van der Waals surface area contributed by atoms with E-state index in [1.165, 1.54) is 6.07 Å². The van der Waals surface area contributed by atoms with Crippen LogP contribution in [0.5, 0.6) is 0 Å². The van der Waals surface area contributed by atoms with Crippen LogP contribution in [0.15, 0.2) is 10.5 Å². The Labute approximate surface area is 85.1 Å². The molecule has 2 N–H and O–H groups in total. The maximum atomic E-state index is 13.3. The van der Waals surface area contributed by atoms with Crippen molar-refractivity contribution >= 4 is 39.2 Å². The third-order valence-electron chi connectivity index (χ3n) is 1.65. The molecule has 0 atom stereocenters. The number of imidazole rings is 1. The molecule has 2 nitrogen and oxygen atoms in total.